The van der Waals surface area contributed by atoms with Gasteiger partial charge in [-0.1, -0.05) is 11.3 Å². The van der Waals surface area contributed by atoms with Gasteiger partial charge < -0.3 is 4.57 Å². The number of hydrogen-bond acceptors (Lipinski definition) is 3. The van der Waals surface area contributed by atoms with Gasteiger partial charge in [0.25, 0.3) is 0 Å². The summed E-state index contributed by atoms with van der Waals surface area (Å²) in [5.74, 6) is 0.261. The Balaban J connectivity index is 2.44. The molecule has 0 saturated carbocycles. The molecule has 0 aliphatic carbocycles. The van der Waals surface area contributed by atoms with Gasteiger partial charge in [-0.05, 0) is 12.1 Å². The molecular weight excluding hydrogens is 285 g/mol. The van der Waals surface area contributed by atoms with E-state index in [0.717, 1.165) is 23.5 Å². The van der Waals surface area contributed by atoms with Gasteiger partial charge >= 0.3 is 6.18 Å². The van der Waals surface area contributed by atoms with E-state index in [-0.39, 0.29) is 15.4 Å². The van der Waals surface area contributed by atoms with E-state index in [1.807, 2.05) is 0 Å². The summed E-state index contributed by atoms with van der Waals surface area (Å²) < 4.78 is 52.0. The first-order valence-corrected chi connectivity index (χ1v) is 7.19. The Morgan fingerprint density at radius 3 is 2.78 bits per heavy atom. The molecule has 18 heavy (non-hydrogen) atoms. The zero-order chi connectivity index (χ0) is 13.1. The molecule has 8 heteroatoms. The lowest BCUT2D eigenvalue weighted by Crippen LogP contribution is -2.22. The van der Waals surface area contributed by atoms with Crippen LogP contribution < -0.4 is 4.80 Å². The van der Waals surface area contributed by atoms with Crippen LogP contribution in [0.25, 0.3) is 10.2 Å². The first-order valence-electron chi connectivity index (χ1n) is 5.05. The third kappa shape index (κ3) is 1.63. The molecule has 1 N–H and O–H groups in total. The minimum absolute atomic E-state index is 0.195. The van der Waals surface area contributed by atoms with Crippen molar-refractivity contribution in [3.8, 4) is 0 Å². The molecule has 1 unspecified atom stereocenters. The number of rotatable bonds is 0. The quantitative estimate of drug-likeness (QED) is 0.796. The number of nitrogens with one attached hydrogen (secondary N) is 1. The van der Waals surface area contributed by atoms with Crippen LogP contribution in [-0.2, 0) is 23.5 Å². The van der Waals surface area contributed by atoms with Crippen molar-refractivity contribution in [2.45, 2.75) is 17.6 Å². The van der Waals surface area contributed by atoms with Crippen molar-refractivity contribution in [2.24, 2.45) is 0 Å². The highest BCUT2D eigenvalue weighted by molar-refractivity contribution is 7.85. The molecule has 1 aromatic carbocycles. The lowest BCUT2D eigenvalue weighted by atomic mass is 10.2. The van der Waals surface area contributed by atoms with Gasteiger partial charge in [-0.15, -0.1) is 0 Å². The molecule has 96 valence electrons. The van der Waals surface area contributed by atoms with Gasteiger partial charge in [0.2, 0.25) is 0 Å². The lowest BCUT2D eigenvalue weighted by Gasteiger charge is -2.16. The average Bonchev–Trinajstić information content (AvgIpc) is 2.59. The normalized spacial score (nSPS) is 19.4. The van der Waals surface area contributed by atoms with Crippen LogP contribution in [0, 0.1) is 5.41 Å². The number of alkyl halides is 3. The maximum atomic E-state index is 12.7. The smallest absolute Gasteiger partial charge is 0.315 e. The van der Waals surface area contributed by atoms with Crippen molar-refractivity contribution in [3.05, 3.63) is 22.5 Å². The topological polar surface area (TPSA) is 45.9 Å². The van der Waals surface area contributed by atoms with Crippen LogP contribution in [-0.4, -0.2) is 14.5 Å². The van der Waals surface area contributed by atoms with Crippen LogP contribution in [0.15, 0.2) is 17.0 Å². The molecule has 0 radical (unpaired) electrons. The summed E-state index contributed by atoms with van der Waals surface area (Å²) in [4.78, 5) is 0.392. The third-order valence-electron chi connectivity index (χ3n) is 2.83. The molecule has 2 aromatic rings. The maximum Gasteiger partial charge on any atom is 0.416 e. The highest BCUT2D eigenvalue weighted by Crippen LogP contribution is 2.36. The second kappa shape index (κ2) is 3.67. The summed E-state index contributed by atoms with van der Waals surface area (Å²) in [7, 11) is -1.42. The number of nitrogens with zero attached hydrogens (tertiary/aromatic N) is 1. The minimum Gasteiger partial charge on any atom is -0.315 e. The molecule has 1 aliphatic rings. The molecule has 0 fully saturated rings. The molecule has 0 saturated heterocycles. The fraction of sp³-hybridized carbons (Fsp3) is 0.300. The van der Waals surface area contributed by atoms with Crippen LogP contribution in [0.4, 0.5) is 13.2 Å². The van der Waals surface area contributed by atoms with Crippen LogP contribution >= 0.6 is 11.3 Å². The Hall–Kier alpha value is -1.15. The molecule has 0 amide bonds. The van der Waals surface area contributed by atoms with E-state index >= 15 is 0 Å². The van der Waals surface area contributed by atoms with E-state index in [4.69, 9.17) is 5.41 Å². The van der Waals surface area contributed by atoms with Crippen molar-refractivity contribution in [1.29, 1.82) is 5.41 Å². The van der Waals surface area contributed by atoms with Crippen LogP contribution in [0.3, 0.4) is 0 Å². The number of hydrogen-bond donors (Lipinski definition) is 1. The molecule has 0 spiro atoms. The van der Waals surface area contributed by atoms with Crippen molar-refractivity contribution in [3.63, 3.8) is 0 Å². The molecule has 1 aromatic heterocycles. The molecule has 1 aliphatic heterocycles. The Morgan fingerprint density at radius 2 is 2.11 bits per heavy atom. The predicted octanol–water partition coefficient (Wildman–Crippen LogP) is 2.32. The summed E-state index contributed by atoms with van der Waals surface area (Å²) in [5.41, 5.74) is -0.281. The van der Waals surface area contributed by atoms with Gasteiger partial charge in [0.1, 0.15) is 0 Å². The second-order valence-electron chi connectivity index (χ2n) is 3.93. The number of aromatic nitrogens is 1. The van der Waals surface area contributed by atoms with Gasteiger partial charge in [0.15, 0.2) is 4.80 Å². The number of thiazole rings is 1. The van der Waals surface area contributed by atoms with Gasteiger partial charge in [0, 0.05) is 12.3 Å². The standard InChI is InChI=1S/C10H7F3N2OS2/c11-10(12,13)5-3-6-8-7(4-5)18(16)2-1-15(8)9(14)17-6/h3-4,14H,1-2H2. The summed E-state index contributed by atoms with van der Waals surface area (Å²) >= 11 is 0.985. The Bertz CT molecular complexity index is 729. The Labute approximate surface area is 106 Å². The highest BCUT2D eigenvalue weighted by Gasteiger charge is 2.33. The van der Waals surface area contributed by atoms with Crippen molar-refractivity contribution < 1.29 is 17.4 Å². The number of benzene rings is 1. The summed E-state index contributed by atoms with van der Waals surface area (Å²) in [6.45, 7) is 0.420. The largest absolute Gasteiger partial charge is 0.416 e. The van der Waals surface area contributed by atoms with Gasteiger partial charge in [-0.25, -0.2) is 0 Å². The van der Waals surface area contributed by atoms with E-state index in [1.54, 1.807) is 4.57 Å². The van der Waals surface area contributed by atoms with E-state index in [1.165, 1.54) is 0 Å². The third-order valence-corrected chi connectivity index (χ3v) is 5.13. The van der Waals surface area contributed by atoms with Crippen LogP contribution in [0.1, 0.15) is 5.56 Å². The molecule has 2 heterocycles. The Kier molecular flexibility index (Phi) is 2.43. The average molecular weight is 292 g/mol. The first-order chi connectivity index (χ1) is 8.38. The highest BCUT2D eigenvalue weighted by atomic mass is 32.2. The first kappa shape index (κ1) is 11.9. The van der Waals surface area contributed by atoms with Gasteiger partial charge in [0.05, 0.1) is 31.5 Å². The molecule has 0 bridgehead atoms. The van der Waals surface area contributed by atoms with Crippen LogP contribution in [0.5, 0.6) is 0 Å². The SMILES string of the molecule is N=c1sc2cc(C(F)(F)F)cc3c2n1CCS3=O. The maximum absolute atomic E-state index is 12.7. The fourth-order valence-corrected chi connectivity index (χ4v) is 4.35. The molecule has 1 atom stereocenters. The molecule has 3 nitrogen and oxygen atoms in total. The van der Waals surface area contributed by atoms with Gasteiger partial charge in [-0.3, -0.25) is 9.62 Å². The monoisotopic (exact) mass is 292 g/mol. The van der Waals surface area contributed by atoms with E-state index < -0.39 is 22.5 Å². The molecular formula is C10H7F3N2OS2. The predicted molar refractivity (Wildman–Crippen MR) is 61.9 cm³/mol. The lowest BCUT2D eigenvalue weighted by molar-refractivity contribution is -0.137. The van der Waals surface area contributed by atoms with Crippen molar-refractivity contribution in [2.75, 3.05) is 5.75 Å². The number of halogens is 3. The zero-order valence-electron chi connectivity index (χ0n) is 8.87. The zero-order valence-corrected chi connectivity index (χ0v) is 10.5. The van der Waals surface area contributed by atoms with Crippen LogP contribution in [0.2, 0.25) is 0 Å². The van der Waals surface area contributed by atoms with E-state index in [9.17, 15) is 17.4 Å². The molecule has 3 rings (SSSR count). The van der Waals surface area contributed by atoms with E-state index in [0.29, 0.717) is 16.8 Å². The summed E-state index contributed by atoms with van der Waals surface area (Å²) in [6.07, 6.45) is -4.46. The summed E-state index contributed by atoms with van der Waals surface area (Å²) in [5, 5.41) is 7.72. The van der Waals surface area contributed by atoms with Crippen molar-refractivity contribution >= 4 is 32.4 Å². The summed E-state index contributed by atoms with van der Waals surface area (Å²) in [6, 6.07) is 1.97. The van der Waals surface area contributed by atoms with Crippen molar-refractivity contribution in [1.82, 2.24) is 4.57 Å². The van der Waals surface area contributed by atoms with E-state index in [2.05, 4.69) is 0 Å². The Morgan fingerprint density at radius 1 is 1.39 bits per heavy atom. The number of aryl methyl sites for hydroxylation is 1. The fourth-order valence-electron chi connectivity index (χ4n) is 2.02. The minimum atomic E-state index is -4.46. The van der Waals surface area contributed by atoms with Gasteiger partial charge in [-0.2, -0.15) is 13.2 Å². The second-order valence-corrected chi connectivity index (χ2v) is 6.50.